The van der Waals surface area contributed by atoms with E-state index in [2.05, 4.69) is 27.0 Å². The van der Waals surface area contributed by atoms with Crippen LogP contribution in [0.25, 0.3) is 10.2 Å². The minimum absolute atomic E-state index is 0.0685. The Labute approximate surface area is 178 Å². The van der Waals surface area contributed by atoms with Crippen LogP contribution in [0.2, 0.25) is 5.02 Å². The molecule has 0 unspecified atom stereocenters. The van der Waals surface area contributed by atoms with Crippen LogP contribution in [-0.4, -0.2) is 10.8 Å². The number of rotatable bonds is 5. The Hall–Kier alpha value is -1.66. The molecule has 4 rings (SSSR count). The molecule has 0 fully saturated rings. The second-order valence-electron chi connectivity index (χ2n) is 5.92. The maximum atomic E-state index is 12.5. The molecule has 0 aliphatic rings. The molecule has 0 aliphatic heterocycles. The monoisotopic (exact) mass is 473 g/mol. The van der Waals surface area contributed by atoms with E-state index in [0.29, 0.717) is 17.0 Å². The van der Waals surface area contributed by atoms with Crippen LogP contribution >= 0.6 is 50.6 Å². The number of thiazole rings is 1. The lowest BCUT2D eigenvalue weighted by molar-refractivity contribution is 0.0993. The van der Waals surface area contributed by atoms with Gasteiger partial charge in [0.25, 0.3) is 0 Å². The van der Waals surface area contributed by atoms with Crippen molar-refractivity contribution >= 4 is 66.6 Å². The Morgan fingerprint density at radius 2 is 1.93 bits per heavy atom. The summed E-state index contributed by atoms with van der Waals surface area (Å²) in [7, 11) is 0. The predicted molar refractivity (Wildman–Crippen MR) is 117 cm³/mol. The second-order valence-corrected chi connectivity index (χ2v) is 9.57. The highest BCUT2D eigenvalue weighted by Crippen LogP contribution is 2.38. The highest BCUT2D eigenvalue weighted by Gasteiger charge is 2.12. The van der Waals surface area contributed by atoms with Crippen LogP contribution in [0.15, 0.2) is 80.4 Å². The molecular weight excluding hydrogens is 462 g/mol. The molecule has 134 valence electrons. The van der Waals surface area contributed by atoms with E-state index in [1.165, 1.54) is 0 Å². The molecule has 3 aromatic carbocycles. The molecule has 2 nitrogen and oxygen atoms in total. The number of hydrogen-bond donors (Lipinski definition) is 0. The highest BCUT2D eigenvalue weighted by molar-refractivity contribution is 9.10. The summed E-state index contributed by atoms with van der Waals surface area (Å²) in [5.74, 6) is 0.0685. The summed E-state index contributed by atoms with van der Waals surface area (Å²) >= 11 is 13.1. The van der Waals surface area contributed by atoms with Crippen molar-refractivity contribution in [2.75, 3.05) is 0 Å². The summed E-state index contributed by atoms with van der Waals surface area (Å²) in [5, 5.41) is 0.638. The third-order valence-electron chi connectivity index (χ3n) is 3.98. The van der Waals surface area contributed by atoms with Gasteiger partial charge in [0.15, 0.2) is 10.1 Å². The zero-order valence-corrected chi connectivity index (χ0v) is 18.0. The van der Waals surface area contributed by atoms with Gasteiger partial charge in [-0.05, 0) is 42.0 Å². The Morgan fingerprint density at radius 3 is 2.70 bits per heavy atom. The predicted octanol–water partition coefficient (Wildman–Crippen LogP) is 7.29. The topological polar surface area (TPSA) is 30.0 Å². The van der Waals surface area contributed by atoms with Crippen molar-refractivity contribution in [2.24, 2.45) is 0 Å². The van der Waals surface area contributed by atoms with E-state index in [9.17, 15) is 4.79 Å². The van der Waals surface area contributed by atoms with E-state index in [-0.39, 0.29) is 5.78 Å². The highest BCUT2D eigenvalue weighted by atomic mass is 79.9. The molecule has 6 heteroatoms. The van der Waals surface area contributed by atoms with Crippen LogP contribution < -0.4 is 0 Å². The fraction of sp³-hybridized carbons (Fsp3) is 0.0476. The van der Waals surface area contributed by atoms with Gasteiger partial charge in [0, 0.05) is 21.4 Å². The SMILES string of the molecule is O=C(Cc1ccc(Sc2nc3ccccc3s2)c(Cl)c1)c1cccc(Br)c1. The molecule has 0 spiro atoms. The average Bonchev–Trinajstić information content (AvgIpc) is 3.06. The molecule has 0 radical (unpaired) electrons. The molecule has 4 aromatic rings. The van der Waals surface area contributed by atoms with E-state index in [1.54, 1.807) is 23.1 Å². The molecule has 1 aromatic heterocycles. The zero-order chi connectivity index (χ0) is 18.8. The van der Waals surface area contributed by atoms with E-state index in [0.717, 1.165) is 29.5 Å². The van der Waals surface area contributed by atoms with Crippen molar-refractivity contribution < 1.29 is 4.79 Å². The number of carbonyl (C=O) groups is 1. The van der Waals surface area contributed by atoms with E-state index < -0.39 is 0 Å². The largest absolute Gasteiger partial charge is 0.294 e. The van der Waals surface area contributed by atoms with Gasteiger partial charge in [0.05, 0.1) is 15.2 Å². The Balaban J connectivity index is 1.51. The van der Waals surface area contributed by atoms with Crippen molar-refractivity contribution in [1.29, 1.82) is 0 Å². The maximum absolute atomic E-state index is 12.5. The first-order valence-corrected chi connectivity index (χ1v) is 11.0. The first-order valence-electron chi connectivity index (χ1n) is 8.19. The van der Waals surface area contributed by atoms with Crippen LogP contribution in [0.5, 0.6) is 0 Å². The maximum Gasteiger partial charge on any atom is 0.167 e. The molecule has 27 heavy (non-hydrogen) atoms. The summed E-state index contributed by atoms with van der Waals surface area (Å²) in [6.45, 7) is 0. The van der Waals surface area contributed by atoms with Crippen molar-refractivity contribution in [3.8, 4) is 0 Å². The van der Waals surface area contributed by atoms with Crippen LogP contribution in [-0.2, 0) is 6.42 Å². The number of nitrogens with zero attached hydrogens (tertiary/aromatic N) is 1. The van der Waals surface area contributed by atoms with E-state index >= 15 is 0 Å². The van der Waals surface area contributed by atoms with Crippen LogP contribution in [0.3, 0.4) is 0 Å². The molecule has 1 heterocycles. The van der Waals surface area contributed by atoms with Gasteiger partial charge in [-0.25, -0.2) is 4.98 Å². The number of Topliss-reactive ketones (excluding diaryl/α,β-unsaturated/α-hetero) is 1. The number of halogens is 2. The summed E-state index contributed by atoms with van der Waals surface area (Å²) in [5.41, 5.74) is 2.59. The minimum atomic E-state index is 0.0685. The summed E-state index contributed by atoms with van der Waals surface area (Å²) in [6.07, 6.45) is 0.322. The Morgan fingerprint density at radius 1 is 1.07 bits per heavy atom. The van der Waals surface area contributed by atoms with Crippen molar-refractivity contribution in [3.05, 3.63) is 87.4 Å². The molecule has 0 atom stereocenters. The number of carbonyl (C=O) groups excluding carboxylic acids is 1. The summed E-state index contributed by atoms with van der Waals surface area (Å²) in [6, 6.07) is 21.3. The standard InChI is InChI=1S/C21H13BrClNOS2/c22-15-5-3-4-14(12-15)18(25)11-13-8-9-19(16(23)10-13)26-21-24-17-6-1-2-7-20(17)27-21/h1-10,12H,11H2. The van der Waals surface area contributed by atoms with Gasteiger partial charge in [-0.15, -0.1) is 11.3 Å². The third-order valence-corrected chi connectivity index (χ3v) is 7.07. The number of hydrogen-bond acceptors (Lipinski definition) is 4. The van der Waals surface area contributed by atoms with Gasteiger partial charge in [-0.3, -0.25) is 4.79 Å². The van der Waals surface area contributed by atoms with Crippen molar-refractivity contribution in [3.63, 3.8) is 0 Å². The van der Waals surface area contributed by atoms with Gasteiger partial charge in [0.2, 0.25) is 0 Å². The smallest absolute Gasteiger partial charge is 0.167 e. The van der Waals surface area contributed by atoms with Crippen LogP contribution in [0, 0.1) is 0 Å². The molecule has 0 aliphatic carbocycles. The normalized spacial score (nSPS) is 11.0. The second kappa shape index (κ2) is 8.15. The van der Waals surface area contributed by atoms with Gasteiger partial charge < -0.3 is 0 Å². The van der Waals surface area contributed by atoms with Gasteiger partial charge in [-0.2, -0.15) is 0 Å². The number of aromatic nitrogens is 1. The molecule has 0 amide bonds. The van der Waals surface area contributed by atoms with Gasteiger partial charge in [0.1, 0.15) is 0 Å². The lowest BCUT2D eigenvalue weighted by Crippen LogP contribution is -2.03. The first kappa shape index (κ1) is 18.7. The van der Waals surface area contributed by atoms with Crippen LogP contribution in [0.1, 0.15) is 15.9 Å². The molecule has 0 saturated carbocycles. The zero-order valence-electron chi connectivity index (χ0n) is 14.0. The van der Waals surface area contributed by atoms with Gasteiger partial charge in [-0.1, -0.05) is 69.6 Å². The Bertz CT molecular complexity index is 1110. The number of ketones is 1. The lowest BCUT2D eigenvalue weighted by atomic mass is 10.0. The molecular formula is C21H13BrClNOS2. The van der Waals surface area contributed by atoms with Crippen LogP contribution in [0.4, 0.5) is 0 Å². The summed E-state index contributed by atoms with van der Waals surface area (Å²) < 4.78 is 3.01. The third kappa shape index (κ3) is 4.43. The lowest BCUT2D eigenvalue weighted by Gasteiger charge is -2.06. The summed E-state index contributed by atoms with van der Waals surface area (Å²) in [4.78, 5) is 18.0. The first-order chi connectivity index (χ1) is 13.1. The van der Waals surface area contributed by atoms with Gasteiger partial charge >= 0.3 is 0 Å². The molecule has 0 saturated heterocycles. The minimum Gasteiger partial charge on any atom is -0.294 e. The van der Waals surface area contributed by atoms with E-state index in [4.69, 9.17) is 11.6 Å². The van der Waals surface area contributed by atoms with Crippen molar-refractivity contribution in [2.45, 2.75) is 15.7 Å². The van der Waals surface area contributed by atoms with Crippen molar-refractivity contribution in [1.82, 2.24) is 4.98 Å². The average molecular weight is 475 g/mol. The fourth-order valence-corrected chi connectivity index (χ4v) is 5.42. The number of para-hydroxylation sites is 1. The number of fused-ring (bicyclic) bond motifs is 1. The number of benzene rings is 3. The molecule has 0 bridgehead atoms. The quantitative estimate of drug-likeness (QED) is 0.284. The van der Waals surface area contributed by atoms with E-state index in [1.807, 2.05) is 60.7 Å². The molecule has 0 N–H and O–H groups in total. The Kier molecular flexibility index (Phi) is 5.64. The fourth-order valence-electron chi connectivity index (χ4n) is 2.68.